The molecule has 100 valence electrons. The highest BCUT2D eigenvalue weighted by Crippen LogP contribution is 2.31. The van der Waals surface area contributed by atoms with Gasteiger partial charge in [0, 0.05) is 17.0 Å². The molecule has 0 bridgehead atoms. The summed E-state index contributed by atoms with van der Waals surface area (Å²) in [5.74, 6) is 1.97. The maximum absolute atomic E-state index is 11.6. The number of thioether (sulfide) groups is 1. The molecule has 0 aromatic carbocycles. The van der Waals surface area contributed by atoms with Crippen LogP contribution in [0.15, 0.2) is 0 Å². The number of carbonyl (C=O) groups is 1. The first-order valence-corrected chi connectivity index (χ1v) is 7.46. The number of rotatable bonds is 4. The van der Waals surface area contributed by atoms with E-state index in [0.717, 1.165) is 12.2 Å². The van der Waals surface area contributed by atoms with Gasteiger partial charge in [-0.1, -0.05) is 27.7 Å². The van der Waals surface area contributed by atoms with Crippen LogP contribution in [0.25, 0.3) is 0 Å². The normalized spacial score (nSPS) is 29.7. The van der Waals surface area contributed by atoms with Gasteiger partial charge in [0.25, 0.3) is 0 Å². The highest BCUT2D eigenvalue weighted by molar-refractivity contribution is 8.00. The molecule has 3 atom stereocenters. The summed E-state index contributed by atoms with van der Waals surface area (Å²) >= 11 is 1.91. The highest BCUT2D eigenvalue weighted by Gasteiger charge is 2.35. The Kier molecular flexibility index (Phi) is 5.80. The fourth-order valence-corrected chi connectivity index (χ4v) is 3.82. The lowest BCUT2D eigenvalue weighted by Crippen LogP contribution is -2.55. The standard InChI is InChI=1S/C13H25NO2S/c1-8(2)6-10-12(9(3)4)17-7-11(14-10)13(15)16-5/h8-12,14H,6-7H2,1-5H3. The second kappa shape index (κ2) is 6.64. The monoisotopic (exact) mass is 259 g/mol. The Labute approximate surface area is 109 Å². The number of hydrogen-bond acceptors (Lipinski definition) is 4. The van der Waals surface area contributed by atoms with Crippen molar-refractivity contribution in [3.05, 3.63) is 0 Å². The lowest BCUT2D eigenvalue weighted by atomic mass is 9.94. The highest BCUT2D eigenvalue weighted by atomic mass is 32.2. The van der Waals surface area contributed by atoms with Gasteiger partial charge >= 0.3 is 5.97 Å². The fourth-order valence-electron chi connectivity index (χ4n) is 2.37. The van der Waals surface area contributed by atoms with Crippen molar-refractivity contribution in [1.29, 1.82) is 0 Å². The fraction of sp³-hybridized carbons (Fsp3) is 0.923. The molecule has 1 fully saturated rings. The maximum atomic E-state index is 11.6. The zero-order valence-electron chi connectivity index (χ0n) is 11.5. The van der Waals surface area contributed by atoms with Gasteiger partial charge in [-0.15, -0.1) is 0 Å². The summed E-state index contributed by atoms with van der Waals surface area (Å²) in [6.07, 6.45) is 1.11. The van der Waals surface area contributed by atoms with Crippen LogP contribution in [0.1, 0.15) is 34.1 Å². The predicted molar refractivity (Wildman–Crippen MR) is 73.3 cm³/mol. The Morgan fingerprint density at radius 1 is 1.41 bits per heavy atom. The Bertz CT molecular complexity index is 256. The molecule has 0 aromatic rings. The first-order chi connectivity index (χ1) is 7.95. The number of hydrogen-bond donors (Lipinski definition) is 1. The zero-order chi connectivity index (χ0) is 13.0. The van der Waals surface area contributed by atoms with E-state index in [1.54, 1.807) is 0 Å². The van der Waals surface area contributed by atoms with Crippen molar-refractivity contribution in [2.75, 3.05) is 12.9 Å². The van der Waals surface area contributed by atoms with Crippen LogP contribution in [0.3, 0.4) is 0 Å². The maximum Gasteiger partial charge on any atom is 0.323 e. The van der Waals surface area contributed by atoms with Gasteiger partial charge in [0.05, 0.1) is 7.11 Å². The third kappa shape index (κ3) is 4.18. The third-order valence-electron chi connectivity index (χ3n) is 3.14. The predicted octanol–water partition coefficient (Wildman–Crippen LogP) is 2.30. The molecule has 0 radical (unpaired) electrons. The summed E-state index contributed by atoms with van der Waals surface area (Å²) in [5.41, 5.74) is 0. The third-order valence-corrected chi connectivity index (χ3v) is 4.92. The molecule has 3 unspecified atom stereocenters. The molecule has 1 aliphatic heterocycles. The van der Waals surface area contributed by atoms with E-state index in [1.807, 2.05) is 11.8 Å². The van der Waals surface area contributed by atoms with Crippen LogP contribution in [0, 0.1) is 11.8 Å². The van der Waals surface area contributed by atoms with E-state index in [4.69, 9.17) is 4.74 Å². The van der Waals surface area contributed by atoms with Gasteiger partial charge in [0.2, 0.25) is 0 Å². The van der Waals surface area contributed by atoms with Crippen LogP contribution in [0.2, 0.25) is 0 Å². The molecule has 17 heavy (non-hydrogen) atoms. The van der Waals surface area contributed by atoms with Crippen molar-refractivity contribution in [2.24, 2.45) is 11.8 Å². The van der Waals surface area contributed by atoms with Gasteiger partial charge in [0.1, 0.15) is 6.04 Å². The molecular weight excluding hydrogens is 234 g/mol. The van der Waals surface area contributed by atoms with E-state index in [-0.39, 0.29) is 12.0 Å². The lowest BCUT2D eigenvalue weighted by molar-refractivity contribution is -0.142. The van der Waals surface area contributed by atoms with Crippen molar-refractivity contribution in [3.63, 3.8) is 0 Å². The van der Waals surface area contributed by atoms with Gasteiger partial charge in [-0.05, 0) is 18.3 Å². The van der Waals surface area contributed by atoms with Crippen LogP contribution in [-0.4, -0.2) is 36.2 Å². The molecule has 0 aliphatic carbocycles. The van der Waals surface area contributed by atoms with Crippen LogP contribution >= 0.6 is 11.8 Å². The van der Waals surface area contributed by atoms with Gasteiger partial charge in [-0.25, -0.2) is 0 Å². The van der Waals surface area contributed by atoms with Crippen molar-refractivity contribution >= 4 is 17.7 Å². The molecule has 1 aliphatic rings. The number of esters is 1. The molecular formula is C13H25NO2S. The van der Waals surface area contributed by atoms with Crippen molar-refractivity contribution in [1.82, 2.24) is 5.32 Å². The average molecular weight is 259 g/mol. The Morgan fingerprint density at radius 2 is 2.06 bits per heavy atom. The first-order valence-electron chi connectivity index (χ1n) is 6.41. The number of methoxy groups -OCH3 is 1. The van der Waals surface area contributed by atoms with E-state index in [1.165, 1.54) is 7.11 Å². The van der Waals surface area contributed by atoms with Crippen molar-refractivity contribution in [3.8, 4) is 0 Å². The van der Waals surface area contributed by atoms with Gasteiger partial charge in [0.15, 0.2) is 0 Å². The van der Waals surface area contributed by atoms with E-state index in [9.17, 15) is 4.79 Å². The number of carbonyl (C=O) groups excluding carboxylic acids is 1. The van der Waals surface area contributed by atoms with Crippen molar-refractivity contribution in [2.45, 2.75) is 51.4 Å². The summed E-state index contributed by atoms with van der Waals surface area (Å²) in [6, 6.07) is 0.279. The molecule has 1 saturated heterocycles. The Morgan fingerprint density at radius 3 is 2.53 bits per heavy atom. The largest absolute Gasteiger partial charge is 0.468 e. The molecule has 0 spiro atoms. The topological polar surface area (TPSA) is 38.3 Å². The van der Waals surface area contributed by atoms with Gasteiger partial charge < -0.3 is 4.74 Å². The average Bonchev–Trinajstić information content (AvgIpc) is 2.26. The Balaban J connectivity index is 2.66. The molecule has 1 rings (SSSR count). The summed E-state index contributed by atoms with van der Waals surface area (Å²) in [4.78, 5) is 11.6. The molecule has 1 heterocycles. The van der Waals surface area contributed by atoms with E-state index < -0.39 is 0 Å². The second-order valence-electron chi connectivity index (χ2n) is 5.52. The molecule has 1 N–H and O–H groups in total. The van der Waals surface area contributed by atoms with E-state index in [2.05, 4.69) is 33.0 Å². The van der Waals surface area contributed by atoms with Crippen LogP contribution < -0.4 is 5.32 Å². The molecule has 3 nitrogen and oxygen atoms in total. The van der Waals surface area contributed by atoms with Crippen LogP contribution in [-0.2, 0) is 9.53 Å². The van der Waals surface area contributed by atoms with E-state index in [0.29, 0.717) is 23.1 Å². The van der Waals surface area contributed by atoms with E-state index >= 15 is 0 Å². The van der Waals surface area contributed by atoms with Crippen LogP contribution in [0.4, 0.5) is 0 Å². The molecule has 0 aromatic heterocycles. The Hall–Kier alpha value is -0.220. The number of nitrogens with one attached hydrogen (secondary N) is 1. The summed E-state index contributed by atoms with van der Waals surface area (Å²) in [7, 11) is 1.46. The molecule has 0 amide bonds. The SMILES string of the molecule is COC(=O)C1CSC(C(C)C)C(CC(C)C)N1. The first kappa shape index (κ1) is 14.8. The van der Waals surface area contributed by atoms with Gasteiger partial charge in [-0.2, -0.15) is 11.8 Å². The summed E-state index contributed by atoms with van der Waals surface area (Å²) < 4.78 is 4.82. The second-order valence-corrected chi connectivity index (χ2v) is 6.73. The minimum Gasteiger partial charge on any atom is -0.468 e. The lowest BCUT2D eigenvalue weighted by Gasteiger charge is -2.39. The smallest absolute Gasteiger partial charge is 0.323 e. The number of ether oxygens (including phenoxy) is 1. The van der Waals surface area contributed by atoms with Crippen molar-refractivity contribution < 1.29 is 9.53 Å². The van der Waals surface area contributed by atoms with Crippen LogP contribution in [0.5, 0.6) is 0 Å². The summed E-state index contributed by atoms with van der Waals surface area (Å²) in [6.45, 7) is 8.97. The molecule has 0 saturated carbocycles. The summed E-state index contributed by atoms with van der Waals surface area (Å²) in [5, 5.41) is 4.07. The quantitative estimate of drug-likeness (QED) is 0.786. The molecule has 4 heteroatoms. The zero-order valence-corrected chi connectivity index (χ0v) is 12.3. The van der Waals surface area contributed by atoms with Gasteiger partial charge in [-0.3, -0.25) is 10.1 Å². The minimum absolute atomic E-state index is 0.131. The minimum atomic E-state index is -0.135.